The van der Waals surface area contributed by atoms with E-state index in [9.17, 15) is 4.39 Å². The van der Waals surface area contributed by atoms with Crippen molar-refractivity contribution in [2.75, 3.05) is 32.7 Å². The molecular weight excluding hydrogens is 258 g/mol. The third-order valence-electron chi connectivity index (χ3n) is 4.57. The number of likely N-dealkylation sites (tertiary alicyclic amines) is 1. The van der Waals surface area contributed by atoms with Crippen molar-refractivity contribution in [1.82, 2.24) is 10.2 Å². The fourth-order valence-electron chi connectivity index (χ4n) is 3.49. The van der Waals surface area contributed by atoms with Crippen LogP contribution in [0.25, 0.3) is 0 Å². The summed E-state index contributed by atoms with van der Waals surface area (Å²) >= 11 is 0. The highest BCUT2D eigenvalue weighted by atomic mass is 19.1. The summed E-state index contributed by atoms with van der Waals surface area (Å²) in [6, 6.07) is 6.27. The molecule has 0 spiro atoms. The van der Waals surface area contributed by atoms with Gasteiger partial charge in [-0.05, 0) is 44.3 Å². The maximum absolute atomic E-state index is 15.0. The van der Waals surface area contributed by atoms with Crippen molar-refractivity contribution in [3.63, 3.8) is 0 Å². The Hall–Kier alpha value is -1.00. The molecule has 2 nitrogen and oxygen atoms in total. The molecule has 0 aromatic heterocycles. The Morgan fingerprint density at radius 3 is 2.95 bits per heavy atom. The molecule has 0 radical (unpaired) electrons. The van der Waals surface area contributed by atoms with Crippen LogP contribution in [0, 0.1) is 11.7 Å². The van der Waals surface area contributed by atoms with Gasteiger partial charge >= 0.3 is 0 Å². The fourth-order valence-corrected chi connectivity index (χ4v) is 3.49. The molecule has 1 aromatic rings. The molecule has 2 saturated heterocycles. The SMILES string of the molecule is Fc1ccccc1C1(F)CCN(CC2CCCNC2)C1. The maximum atomic E-state index is 15.0. The van der Waals surface area contributed by atoms with Crippen LogP contribution in [0.5, 0.6) is 0 Å². The molecule has 1 aromatic carbocycles. The molecule has 2 aliphatic rings. The van der Waals surface area contributed by atoms with Crippen molar-refractivity contribution in [2.24, 2.45) is 5.92 Å². The van der Waals surface area contributed by atoms with E-state index in [0.29, 0.717) is 18.9 Å². The van der Waals surface area contributed by atoms with Crippen molar-refractivity contribution in [3.05, 3.63) is 35.6 Å². The summed E-state index contributed by atoms with van der Waals surface area (Å²) in [6.07, 6.45) is 2.81. The first-order chi connectivity index (χ1) is 9.67. The van der Waals surface area contributed by atoms with Crippen molar-refractivity contribution in [2.45, 2.75) is 24.9 Å². The van der Waals surface area contributed by atoms with Crippen molar-refractivity contribution < 1.29 is 8.78 Å². The van der Waals surface area contributed by atoms with Gasteiger partial charge in [-0.25, -0.2) is 8.78 Å². The van der Waals surface area contributed by atoms with E-state index in [2.05, 4.69) is 10.2 Å². The zero-order chi connectivity index (χ0) is 14.0. The van der Waals surface area contributed by atoms with Gasteiger partial charge in [-0.3, -0.25) is 4.90 Å². The van der Waals surface area contributed by atoms with Crippen LogP contribution in [0.15, 0.2) is 24.3 Å². The number of piperidine rings is 1. The molecule has 0 aliphatic carbocycles. The lowest BCUT2D eigenvalue weighted by Gasteiger charge is -2.28. The minimum Gasteiger partial charge on any atom is -0.316 e. The van der Waals surface area contributed by atoms with E-state index in [-0.39, 0.29) is 5.56 Å². The highest BCUT2D eigenvalue weighted by Crippen LogP contribution is 2.37. The first kappa shape index (κ1) is 14.0. The predicted molar refractivity (Wildman–Crippen MR) is 75.8 cm³/mol. The van der Waals surface area contributed by atoms with Crippen LogP contribution in [0.2, 0.25) is 0 Å². The van der Waals surface area contributed by atoms with Crippen LogP contribution in [-0.2, 0) is 5.67 Å². The second-order valence-corrected chi connectivity index (χ2v) is 6.14. The van der Waals surface area contributed by atoms with Gasteiger partial charge in [0.1, 0.15) is 5.82 Å². The Kier molecular flexibility index (Phi) is 4.03. The van der Waals surface area contributed by atoms with Crippen LogP contribution in [0.4, 0.5) is 8.78 Å². The lowest BCUT2D eigenvalue weighted by atomic mass is 9.94. The minimum absolute atomic E-state index is 0.226. The molecule has 0 bridgehead atoms. The van der Waals surface area contributed by atoms with Crippen molar-refractivity contribution in [3.8, 4) is 0 Å². The second kappa shape index (κ2) is 5.78. The van der Waals surface area contributed by atoms with Gasteiger partial charge in [0.25, 0.3) is 0 Å². The number of alkyl halides is 1. The van der Waals surface area contributed by atoms with Gasteiger partial charge in [0, 0.05) is 25.2 Å². The summed E-state index contributed by atoms with van der Waals surface area (Å²) < 4.78 is 28.8. The molecule has 0 amide bonds. The number of halogens is 2. The molecule has 2 heterocycles. The van der Waals surface area contributed by atoms with E-state index in [4.69, 9.17) is 0 Å². The lowest BCUT2D eigenvalue weighted by molar-refractivity contribution is 0.150. The van der Waals surface area contributed by atoms with E-state index in [1.807, 2.05) is 0 Å². The average Bonchev–Trinajstić information content (AvgIpc) is 2.83. The summed E-state index contributed by atoms with van der Waals surface area (Å²) in [6.45, 7) is 4.09. The first-order valence-electron chi connectivity index (χ1n) is 7.54. The summed E-state index contributed by atoms with van der Waals surface area (Å²) in [5.74, 6) is 0.183. The smallest absolute Gasteiger partial charge is 0.152 e. The summed E-state index contributed by atoms with van der Waals surface area (Å²) in [5, 5.41) is 3.39. The van der Waals surface area contributed by atoms with E-state index in [1.165, 1.54) is 18.9 Å². The molecule has 20 heavy (non-hydrogen) atoms. The largest absolute Gasteiger partial charge is 0.316 e. The monoisotopic (exact) mass is 280 g/mol. The topological polar surface area (TPSA) is 15.3 Å². The number of benzene rings is 1. The van der Waals surface area contributed by atoms with Gasteiger partial charge in [-0.1, -0.05) is 18.2 Å². The molecular formula is C16H22F2N2. The van der Waals surface area contributed by atoms with Gasteiger partial charge in [-0.15, -0.1) is 0 Å². The molecule has 0 saturated carbocycles. The standard InChI is InChI=1S/C16H22F2N2/c17-15-6-2-1-5-14(15)16(18)7-9-20(12-16)11-13-4-3-8-19-10-13/h1-2,5-6,13,19H,3-4,7-12H2. The summed E-state index contributed by atoms with van der Waals surface area (Å²) in [7, 11) is 0. The number of nitrogens with zero attached hydrogens (tertiary/aromatic N) is 1. The van der Waals surface area contributed by atoms with E-state index in [0.717, 1.165) is 26.2 Å². The van der Waals surface area contributed by atoms with Gasteiger partial charge in [0.15, 0.2) is 5.67 Å². The first-order valence-corrected chi connectivity index (χ1v) is 7.54. The Morgan fingerprint density at radius 2 is 2.20 bits per heavy atom. The van der Waals surface area contributed by atoms with Crippen molar-refractivity contribution in [1.29, 1.82) is 0 Å². The lowest BCUT2D eigenvalue weighted by Crippen LogP contribution is -2.38. The van der Waals surface area contributed by atoms with Crippen LogP contribution in [0.1, 0.15) is 24.8 Å². The molecule has 4 heteroatoms. The Balaban J connectivity index is 1.64. The number of hydrogen-bond acceptors (Lipinski definition) is 2. The van der Waals surface area contributed by atoms with E-state index < -0.39 is 11.5 Å². The highest BCUT2D eigenvalue weighted by Gasteiger charge is 2.41. The molecule has 1 N–H and O–H groups in total. The summed E-state index contributed by atoms with van der Waals surface area (Å²) in [4.78, 5) is 2.16. The third kappa shape index (κ3) is 2.86. The molecule has 2 fully saturated rings. The zero-order valence-electron chi connectivity index (χ0n) is 11.7. The average molecular weight is 280 g/mol. The minimum atomic E-state index is -1.52. The Morgan fingerprint density at radius 1 is 1.35 bits per heavy atom. The van der Waals surface area contributed by atoms with Crippen LogP contribution in [-0.4, -0.2) is 37.6 Å². The quantitative estimate of drug-likeness (QED) is 0.916. The molecule has 2 unspecified atom stereocenters. The van der Waals surface area contributed by atoms with Crippen LogP contribution in [0.3, 0.4) is 0 Å². The van der Waals surface area contributed by atoms with Gasteiger partial charge in [0.2, 0.25) is 0 Å². The zero-order valence-corrected chi connectivity index (χ0v) is 11.7. The molecule has 2 aliphatic heterocycles. The normalized spacial score (nSPS) is 31.6. The molecule has 2 atom stereocenters. The number of nitrogens with one attached hydrogen (secondary N) is 1. The molecule has 3 rings (SSSR count). The van der Waals surface area contributed by atoms with E-state index >= 15 is 4.39 Å². The van der Waals surface area contributed by atoms with Crippen LogP contribution < -0.4 is 5.32 Å². The van der Waals surface area contributed by atoms with Crippen LogP contribution >= 0.6 is 0 Å². The fraction of sp³-hybridized carbons (Fsp3) is 0.625. The number of hydrogen-bond donors (Lipinski definition) is 1. The number of rotatable bonds is 3. The van der Waals surface area contributed by atoms with Gasteiger partial charge in [0.05, 0.1) is 0 Å². The van der Waals surface area contributed by atoms with Gasteiger partial charge in [-0.2, -0.15) is 0 Å². The molecule has 110 valence electrons. The summed E-state index contributed by atoms with van der Waals surface area (Å²) in [5.41, 5.74) is -1.29. The van der Waals surface area contributed by atoms with Gasteiger partial charge < -0.3 is 5.32 Å². The Labute approximate surface area is 119 Å². The van der Waals surface area contributed by atoms with E-state index in [1.54, 1.807) is 18.2 Å². The van der Waals surface area contributed by atoms with Crippen molar-refractivity contribution >= 4 is 0 Å². The maximum Gasteiger partial charge on any atom is 0.152 e. The Bertz CT molecular complexity index is 460. The second-order valence-electron chi connectivity index (χ2n) is 6.14. The highest BCUT2D eigenvalue weighted by molar-refractivity contribution is 5.26. The predicted octanol–water partition coefficient (Wildman–Crippen LogP) is 2.70. The third-order valence-corrected chi connectivity index (χ3v) is 4.57.